The quantitative estimate of drug-likeness (QED) is 0.0248. The van der Waals surface area contributed by atoms with Gasteiger partial charge in [-0.3, -0.25) is 13.7 Å². The highest BCUT2D eigenvalue weighted by atomic mass is 32.2. The van der Waals surface area contributed by atoms with Crippen LogP contribution in [0, 0.1) is 0 Å². The summed E-state index contributed by atoms with van der Waals surface area (Å²) < 4.78 is 106. The van der Waals surface area contributed by atoms with Gasteiger partial charge in [0.1, 0.15) is 5.75 Å². The second-order valence-corrected chi connectivity index (χ2v) is 19.9. The van der Waals surface area contributed by atoms with Crippen molar-refractivity contribution in [2.45, 2.75) is 48.3 Å². The van der Waals surface area contributed by atoms with Gasteiger partial charge < -0.3 is 4.90 Å². The summed E-state index contributed by atoms with van der Waals surface area (Å²) >= 11 is 0.840. The van der Waals surface area contributed by atoms with Crippen LogP contribution in [0.15, 0.2) is 119 Å². The van der Waals surface area contributed by atoms with E-state index in [0.29, 0.717) is 16.0 Å². The Labute approximate surface area is 335 Å². The first-order chi connectivity index (χ1) is 26.6. The maximum atomic E-state index is 11.8. The summed E-state index contributed by atoms with van der Waals surface area (Å²) in [5.41, 5.74) is 3.53. The molecule has 0 spiro atoms. The van der Waals surface area contributed by atoms with Crippen LogP contribution in [0.5, 0.6) is 0 Å². The number of fused-ring (bicyclic) bond motifs is 6. The number of benzene rings is 4. The van der Waals surface area contributed by atoms with Crippen molar-refractivity contribution in [3.63, 3.8) is 0 Å². The minimum atomic E-state index is -4.44. The number of anilines is 1. The van der Waals surface area contributed by atoms with Crippen molar-refractivity contribution in [1.29, 1.82) is 0 Å². The monoisotopic (exact) mass is 857 g/mol. The fourth-order valence-corrected chi connectivity index (χ4v) is 9.54. The molecule has 2 aliphatic rings. The minimum absolute atomic E-state index is 0.0104. The molecule has 0 bridgehead atoms. The molecule has 0 saturated heterocycles. The van der Waals surface area contributed by atoms with Gasteiger partial charge in [0.25, 0.3) is 30.4 Å². The fourth-order valence-electron chi connectivity index (χ4n) is 7.79. The highest BCUT2D eigenvalue weighted by Crippen LogP contribution is 2.51. The number of hydrogen-bond acceptors (Lipinski definition) is 11. The summed E-state index contributed by atoms with van der Waals surface area (Å²) in [5, 5.41) is 15.4. The number of rotatable bonds is 14. The molecular formula is C39H41N2O12S4+. The van der Waals surface area contributed by atoms with E-state index in [-0.39, 0.29) is 18.0 Å². The van der Waals surface area contributed by atoms with Gasteiger partial charge in [-0.15, -0.1) is 4.33 Å². The maximum Gasteiger partial charge on any atom is 0.294 e. The molecule has 2 aliphatic heterocycles. The van der Waals surface area contributed by atoms with Gasteiger partial charge >= 0.3 is 0 Å². The largest absolute Gasteiger partial charge is 0.343 e. The van der Waals surface area contributed by atoms with Crippen molar-refractivity contribution in [3.05, 3.63) is 120 Å². The Morgan fingerprint density at radius 2 is 1.37 bits per heavy atom. The Hall–Kier alpha value is -4.21. The summed E-state index contributed by atoms with van der Waals surface area (Å²) in [6.07, 6.45) is 12.7. The second-order valence-electron chi connectivity index (χ2n) is 14.6. The maximum absolute atomic E-state index is 11.8. The zero-order valence-corrected chi connectivity index (χ0v) is 34.5. The molecule has 302 valence electrons. The molecule has 57 heavy (non-hydrogen) atoms. The van der Waals surface area contributed by atoms with E-state index >= 15 is 0 Å². The SMILES string of the molecule is CC1(C)C(/C=C/C=C/C=C/C=C2/N(CCS(=O)(=O)O)c3ccc4cc(SOOO)ccc4c3C2(C)C)=[N+](CCS(=O)(=O)O)c2ccc3cc(S(=O)(=O)O)ccc3c21. The highest BCUT2D eigenvalue weighted by Gasteiger charge is 2.46. The third-order valence-corrected chi connectivity index (χ3v) is 13.0. The predicted octanol–water partition coefficient (Wildman–Crippen LogP) is 7.17. The molecule has 0 atom stereocenters. The molecule has 0 amide bonds. The summed E-state index contributed by atoms with van der Waals surface area (Å²) in [6, 6.07) is 17.2. The third-order valence-electron chi connectivity index (χ3n) is 10.2. The number of hydrogen-bond donors (Lipinski definition) is 4. The smallest absolute Gasteiger partial charge is 0.294 e. The van der Waals surface area contributed by atoms with Crippen molar-refractivity contribution >= 4 is 81.0 Å². The summed E-state index contributed by atoms with van der Waals surface area (Å²) in [4.78, 5) is 2.32. The van der Waals surface area contributed by atoms with Crippen molar-refractivity contribution in [1.82, 2.24) is 0 Å². The van der Waals surface area contributed by atoms with E-state index in [4.69, 9.17) is 5.26 Å². The lowest BCUT2D eigenvalue weighted by Gasteiger charge is -2.26. The van der Waals surface area contributed by atoms with Gasteiger partial charge in [-0.1, -0.05) is 67.5 Å². The van der Waals surface area contributed by atoms with Crippen molar-refractivity contribution in [2.24, 2.45) is 0 Å². The van der Waals surface area contributed by atoms with Crippen LogP contribution in [-0.4, -0.2) is 79.1 Å². The Balaban J connectivity index is 1.30. The van der Waals surface area contributed by atoms with E-state index in [1.165, 1.54) is 12.1 Å². The fraction of sp³-hybridized carbons (Fsp3) is 0.256. The summed E-state index contributed by atoms with van der Waals surface area (Å²) in [7, 11) is -13.0. The standard InChI is InChI=1S/C39H40N2O12S4/c1-38(2)34(40(20-22-55(43,44)45)32-18-12-26-24-28(54-53-52-42)14-16-30(26)36(32)38)10-8-6-5-7-9-11-35-39(3,4)37-31-17-15-29(57(49,50)51)25-27(31)13-19-33(37)41(35)21-23-56(46,47)48/h5-19,24-25H,20-23H2,1-4H3,(H3-,42,43,44,45,46,47,48,49,50,51)/p+1. The lowest BCUT2D eigenvalue weighted by molar-refractivity contribution is -0.432. The molecule has 2 heterocycles. The molecule has 4 N–H and O–H groups in total. The Kier molecular flexibility index (Phi) is 11.8. The first kappa shape index (κ1) is 42.4. The van der Waals surface area contributed by atoms with Crippen LogP contribution in [-0.2, 0) is 50.6 Å². The van der Waals surface area contributed by atoms with Crippen LogP contribution in [0.3, 0.4) is 0 Å². The zero-order chi connectivity index (χ0) is 41.6. The van der Waals surface area contributed by atoms with E-state index in [9.17, 15) is 38.9 Å². The molecule has 4 aromatic rings. The van der Waals surface area contributed by atoms with Gasteiger partial charge in [0.15, 0.2) is 12.3 Å². The lowest BCUT2D eigenvalue weighted by Crippen LogP contribution is -2.30. The van der Waals surface area contributed by atoms with Crippen LogP contribution < -0.4 is 4.90 Å². The van der Waals surface area contributed by atoms with E-state index in [1.54, 1.807) is 42.5 Å². The molecule has 4 aromatic carbocycles. The van der Waals surface area contributed by atoms with Crippen LogP contribution in [0.4, 0.5) is 11.4 Å². The molecule has 18 heteroatoms. The summed E-state index contributed by atoms with van der Waals surface area (Å²) in [5.74, 6) is -1.01. The molecule has 0 unspecified atom stereocenters. The number of nitrogens with zero attached hydrogens (tertiary/aromatic N) is 2. The molecule has 0 aliphatic carbocycles. The van der Waals surface area contributed by atoms with Gasteiger partial charge in [0.05, 0.1) is 28.1 Å². The van der Waals surface area contributed by atoms with Gasteiger partial charge in [-0.05, 0) is 83.4 Å². The molecule has 0 radical (unpaired) electrons. The Bertz CT molecular complexity index is 2770. The second kappa shape index (κ2) is 15.9. The van der Waals surface area contributed by atoms with Crippen molar-refractivity contribution in [3.8, 4) is 0 Å². The van der Waals surface area contributed by atoms with E-state index in [2.05, 4.69) is 9.37 Å². The highest BCUT2D eigenvalue weighted by molar-refractivity contribution is 7.94. The Morgan fingerprint density at radius 3 is 2.05 bits per heavy atom. The first-order valence-corrected chi connectivity index (χ1v) is 22.9. The predicted molar refractivity (Wildman–Crippen MR) is 220 cm³/mol. The van der Waals surface area contributed by atoms with E-state index < -0.39 is 52.7 Å². The average Bonchev–Trinajstić information content (AvgIpc) is 3.48. The normalized spacial score (nSPS) is 17.7. The molecule has 14 nitrogen and oxygen atoms in total. The van der Waals surface area contributed by atoms with Crippen LogP contribution >= 0.6 is 12.0 Å². The molecule has 0 fully saturated rings. The molecule has 0 saturated carbocycles. The summed E-state index contributed by atoms with van der Waals surface area (Å²) in [6.45, 7) is 7.95. The molecule has 0 aromatic heterocycles. The van der Waals surface area contributed by atoms with Crippen LogP contribution in [0.2, 0.25) is 0 Å². The average molecular weight is 858 g/mol. The first-order valence-electron chi connectivity index (χ1n) is 17.5. The number of allylic oxidation sites excluding steroid dienone is 8. The van der Waals surface area contributed by atoms with Gasteiger partial charge in [0.2, 0.25) is 5.69 Å². The van der Waals surface area contributed by atoms with Crippen molar-refractivity contribution in [2.75, 3.05) is 29.5 Å². The third kappa shape index (κ3) is 8.95. The van der Waals surface area contributed by atoms with E-state index in [1.807, 2.05) is 85.7 Å². The molecule has 6 rings (SSSR count). The minimum Gasteiger partial charge on any atom is -0.343 e. The van der Waals surface area contributed by atoms with Crippen molar-refractivity contribution < 1.29 is 58.1 Å². The van der Waals surface area contributed by atoms with E-state index in [0.717, 1.165) is 56.4 Å². The van der Waals surface area contributed by atoms with Gasteiger partial charge in [-0.2, -0.15) is 29.8 Å². The lowest BCUT2D eigenvalue weighted by atomic mass is 9.79. The molecular weight excluding hydrogens is 817 g/mol. The van der Waals surface area contributed by atoms with Gasteiger partial charge in [0, 0.05) is 45.9 Å². The topological polar surface area (TPSA) is 208 Å². The zero-order valence-electron chi connectivity index (χ0n) is 31.2. The van der Waals surface area contributed by atoms with Crippen LogP contribution in [0.25, 0.3) is 21.5 Å². The Morgan fingerprint density at radius 1 is 0.737 bits per heavy atom. The van der Waals surface area contributed by atoms with Crippen LogP contribution in [0.1, 0.15) is 38.8 Å². The van der Waals surface area contributed by atoms with Gasteiger partial charge in [-0.25, -0.2) is 5.26 Å².